The van der Waals surface area contributed by atoms with Crippen molar-refractivity contribution in [1.82, 2.24) is 15.1 Å². The Labute approximate surface area is 120 Å². The Morgan fingerprint density at radius 1 is 1.40 bits per heavy atom. The number of aryl methyl sites for hydroxylation is 1. The zero-order valence-corrected chi connectivity index (χ0v) is 12.3. The number of hydrogen-bond acceptors (Lipinski definition) is 3. The van der Waals surface area contributed by atoms with Gasteiger partial charge in [-0.1, -0.05) is 13.0 Å². The van der Waals surface area contributed by atoms with Crippen LogP contribution < -0.4 is 0 Å². The van der Waals surface area contributed by atoms with Gasteiger partial charge in [0, 0.05) is 23.9 Å². The van der Waals surface area contributed by atoms with Crippen LogP contribution >= 0.6 is 0 Å². The molecule has 1 N–H and O–H groups in total. The maximum atomic E-state index is 8.94. The zero-order chi connectivity index (χ0) is 14.5. The minimum absolute atomic E-state index is 0.687. The molecule has 0 aliphatic heterocycles. The van der Waals surface area contributed by atoms with E-state index in [9.17, 15) is 0 Å². The number of benzene rings is 1. The van der Waals surface area contributed by atoms with Crippen molar-refractivity contribution in [2.45, 2.75) is 26.8 Å². The molecule has 0 saturated carbocycles. The van der Waals surface area contributed by atoms with Crippen LogP contribution in [0, 0.1) is 18.3 Å². The van der Waals surface area contributed by atoms with E-state index < -0.39 is 0 Å². The van der Waals surface area contributed by atoms with Gasteiger partial charge in [-0.25, -0.2) is 0 Å². The number of aromatic nitrogens is 2. The molecule has 1 heterocycles. The summed E-state index contributed by atoms with van der Waals surface area (Å²) in [5.41, 5.74) is 5.02. The third-order valence-corrected chi connectivity index (χ3v) is 3.38. The Morgan fingerprint density at radius 3 is 2.85 bits per heavy atom. The highest BCUT2D eigenvalue weighted by molar-refractivity contribution is 5.67. The van der Waals surface area contributed by atoms with Crippen LogP contribution in [-0.4, -0.2) is 28.7 Å². The van der Waals surface area contributed by atoms with Gasteiger partial charge in [0.25, 0.3) is 0 Å². The lowest BCUT2D eigenvalue weighted by molar-refractivity contribution is 0.328. The molecule has 0 aliphatic rings. The fraction of sp³-hybridized carbons (Fsp3) is 0.375. The number of rotatable bonds is 5. The fourth-order valence-electron chi connectivity index (χ4n) is 2.42. The van der Waals surface area contributed by atoms with Crippen molar-refractivity contribution in [3.05, 3.63) is 41.1 Å². The number of nitrogens with one attached hydrogen (secondary N) is 1. The first-order valence-corrected chi connectivity index (χ1v) is 6.88. The summed E-state index contributed by atoms with van der Waals surface area (Å²) >= 11 is 0. The molecule has 1 aromatic heterocycles. The number of nitriles is 1. The summed E-state index contributed by atoms with van der Waals surface area (Å²) in [6.07, 6.45) is 3.10. The number of hydrogen-bond donors (Lipinski definition) is 1. The highest BCUT2D eigenvalue weighted by Gasteiger charge is 2.12. The molecule has 0 saturated heterocycles. The average molecular weight is 268 g/mol. The summed E-state index contributed by atoms with van der Waals surface area (Å²) in [6.45, 7) is 6.14. The van der Waals surface area contributed by atoms with Crippen molar-refractivity contribution >= 4 is 0 Å². The molecule has 0 atom stereocenters. The Morgan fingerprint density at radius 2 is 2.20 bits per heavy atom. The number of aromatic amines is 1. The molecule has 0 fully saturated rings. The molecule has 0 amide bonds. The maximum absolute atomic E-state index is 8.94. The molecular formula is C16H20N4. The lowest BCUT2D eigenvalue weighted by Gasteiger charge is -2.15. The van der Waals surface area contributed by atoms with Crippen LogP contribution in [0.5, 0.6) is 0 Å². The second kappa shape index (κ2) is 6.36. The van der Waals surface area contributed by atoms with Crippen molar-refractivity contribution in [2.24, 2.45) is 0 Å². The van der Waals surface area contributed by atoms with Gasteiger partial charge in [-0.3, -0.25) is 5.10 Å². The molecule has 0 aliphatic carbocycles. The van der Waals surface area contributed by atoms with Crippen LogP contribution in [0.15, 0.2) is 24.4 Å². The van der Waals surface area contributed by atoms with Crippen molar-refractivity contribution in [3.8, 4) is 17.3 Å². The molecule has 20 heavy (non-hydrogen) atoms. The van der Waals surface area contributed by atoms with Crippen LogP contribution in [0.25, 0.3) is 11.3 Å². The lowest BCUT2D eigenvalue weighted by Crippen LogP contribution is -2.18. The molecule has 2 aromatic rings. The number of nitrogens with zero attached hydrogens (tertiary/aromatic N) is 3. The molecule has 4 nitrogen and oxygen atoms in total. The van der Waals surface area contributed by atoms with E-state index in [1.165, 1.54) is 5.56 Å². The monoisotopic (exact) mass is 268 g/mol. The second-order valence-corrected chi connectivity index (χ2v) is 5.14. The van der Waals surface area contributed by atoms with Gasteiger partial charge >= 0.3 is 0 Å². The topological polar surface area (TPSA) is 55.7 Å². The molecule has 4 heteroatoms. The van der Waals surface area contributed by atoms with Gasteiger partial charge in [0.1, 0.15) is 0 Å². The molecule has 0 radical (unpaired) electrons. The van der Waals surface area contributed by atoms with E-state index in [4.69, 9.17) is 5.26 Å². The summed E-state index contributed by atoms with van der Waals surface area (Å²) in [4.78, 5) is 2.29. The van der Waals surface area contributed by atoms with E-state index in [2.05, 4.69) is 35.1 Å². The van der Waals surface area contributed by atoms with E-state index in [0.29, 0.717) is 5.56 Å². The Kier molecular flexibility index (Phi) is 4.54. The summed E-state index contributed by atoms with van der Waals surface area (Å²) < 4.78 is 0. The normalized spacial score (nSPS) is 10.8. The predicted octanol–water partition coefficient (Wildman–Crippen LogP) is 3.10. The van der Waals surface area contributed by atoms with E-state index in [0.717, 1.165) is 36.3 Å². The molecule has 0 bridgehead atoms. The first-order chi connectivity index (χ1) is 9.65. The van der Waals surface area contributed by atoms with Crippen LogP contribution in [0.2, 0.25) is 0 Å². The largest absolute Gasteiger partial charge is 0.302 e. The van der Waals surface area contributed by atoms with E-state index in [1.807, 2.05) is 31.3 Å². The van der Waals surface area contributed by atoms with Crippen LogP contribution in [0.3, 0.4) is 0 Å². The van der Waals surface area contributed by atoms with E-state index in [-0.39, 0.29) is 0 Å². The van der Waals surface area contributed by atoms with Gasteiger partial charge in [-0.2, -0.15) is 10.4 Å². The lowest BCUT2D eigenvalue weighted by atomic mass is 10.0. The third kappa shape index (κ3) is 3.06. The second-order valence-electron chi connectivity index (χ2n) is 5.14. The molecule has 0 spiro atoms. The van der Waals surface area contributed by atoms with Gasteiger partial charge in [0.15, 0.2) is 0 Å². The smallest absolute Gasteiger partial charge is 0.0991 e. The van der Waals surface area contributed by atoms with Crippen LogP contribution in [0.1, 0.15) is 30.0 Å². The van der Waals surface area contributed by atoms with Crippen molar-refractivity contribution in [1.29, 1.82) is 5.26 Å². The standard InChI is InChI=1S/C16H20N4/c1-4-7-20(3)11-14-10-18-19-16(14)15-6-5-13(9-17)8-12(15)2/h5-6,8,10H,4,7,11H2,1-3H3,(H,18,19). The first-order valence-electron chi connectivity index (χ1n) is 6.88. The van der Waals surface area contributed by atoms with Gasteiger partial charge in [0.05, 0.1) is 17.3 Å². The average Bonchev–Trinajstić information content (AvgIpc) is 2.86. The molecule has 0 unspecified atom stereocenters. The maximum Gasteiger partial charge on any atom is 0.0991 e. The minimum atomic E-state index is 0.687. The van der Waals surface area contributed by atoms with Crippen molar-refractivity contribution in [2.75, 3.05) is 13.6 Å². The van der Waals surface area contributed by atoms with E-state index in [1.54, 1.807) is 0 Å². The SMILES string of the molecule is CCCN(C)Cc1c[nH]nc1-c1ccc(C#N)cc1C. The summed E-state index contributed by atoms with van der Waals surface area (Å²) in [7, 11) is 2.12. The highest BCUT2D eigenvalue weighted by Crippen LogP contribution is 2.26. The van der Waals surface area contributed by atoms with Gasteiger partial charge in [-0.15, -0.1) is 0 Å². The molecule has 104 valence electrons. The van der Waals surface area contributed by atoms with Crippen molar-refractivity contribution < 1.29 is 0 Å². The van der Waals surface area contributed by atoms with Gasteiger partial charge < -0.3 is 4.90 Å². The van der Waals surface area contributed by atoms with Gasteiger partial charge in [0.2, 0.25) is 0 Å². The van der Waals surface area contributed by atoms with E-state index >= 15 is 0 Å². The molecule has 1 aromatic carbocycles. The summed E-state index contributed by atoms with van der Waals surface area (Å²) in [5, 5.41) is 16.3. The third-order valence-electron chi connectivity index (χ3n) is 3.38. The Bertz CT molecular complexity index is 622. The predicted molar refractivity (Wildman–Crippen MR) is 80.1 cm³/mol. The van der Waals surface area contributed by atoms with Crippen LogP contribution in [-0.2, 0) is 6.54 Å². The van der Waals surface area contributed by atoms with Crippen LogP contribution in [0.4, 0.5) is 0 Å². The Hall–Kier alpha value is -2.12. The minimum Gasteiger partial charge on any atom is -0.302 e. The zero-order valence-electron chi connectivity index (χ0n) is 12.3. The van der Waals surface area contributed by atoms with Gasteiger partial charge in [-0.05, 0) is 44.6 Å². The molecule has 2 rings (SSSR count). The number of H-pyrrole nitrogens is 1. The quantitative estimate of drug-likeness (QED) is 0.906. The highest BCUT2D eigenvalue weighted by atomic mass is 15.1. The van der Waals surface area contributed by atoms with Crippen molar-refractivity contribution in [3.63, 3.8) is 0 Å². The Balaban J connectivity index is 2.30. The summed E-state index contributed by atoms with van der Waals surface area (Å²) in [5.74, 6) is 0. The molecular weight excluding hydrogens is 248 g/mol. The first kappa shape index (κ1) is 14.3. The fourth-order valence-corrected chi connectivity index (χ4v) is 2.42. The summed E-state index contributed by atoms with van der Waals surface area (Å²) in [6, 6.07) is 7.90.